The Bertz CT molecular complexity index is 208. The number of rotatable bonds is 2. The van der Waals surface area contributed by atoms with Gasteiger partial charge in [0.05, 0.1) is 0 Å². The van der Waals surface area contributed by atoms with Crippen LogP contribution >= 0.6 is 0 Å². The van der Waals surface area contributed by atoms with Crippen molar-refractivity contribution >= 4 is 11.8 Å². The van der Waals surface area contributed by atoms with Crippen molar-refractivity contribution < 1.29 is 9.59 Å². The molecule has 0 unspecified atom stereocenters. The van der Waals surface area contributed by atoms with Crippen molar-refractivity contribution in [3.8, 4) is 0 Å². The second-order valence-electron chi connectivity index (χ2n) is 3.67. The van der Waals surface area contributed by atoms with Crippen molar-refractivity contribution in [2.45, 2.75) is 38.6 Å². The van der Waals surface area contributed by atoms with Crippen molar-refractivity contribution in [1.82, 2.24) is 5.32 Å². The summed E-state index contributed by atoms with van der Waals surface area (Å²) in [6, 6.07) is -0.292. The molecule has 4 nitrogen and oxygen atoms in total. The molecule has 13 heavy (non-hydrogen) atoms. The van der Waals surface area contributed by atoms with Crippen molar-refractivity contribution in [2.75, 3.05) is 0 Å². The van der Waals surface area contributed by atoms with Gasteiger partial charge in [0.15, 0.2) is 0 Å². The van der Waals surface area contributed by atoms with Gasteiger partial charge in [-0.1, -0.05) is 0 Å². The summed E-state index contributed by atoms with van der Waals surface area (Å²) in [7, 11) is 0. The molecule has 2 amide bonds. The first-order chi connectivity index (χ1) is 6.09. The molecule has 1 aliphatic rings. The van der Waals surface area contributed by atoms with E-state index >= 15 is 0 Å². The average Bonchev–Trinajstić information content (AvgIpc) is 2.04. The predicted molar refractivity (Wildman–Crippen MR) is 49.1 cm³/mol. The van der Waals surface area contributed by atoms with Gasteiger partial charge in [0.2, 0.25) is 0 Å². The summed E-state index contributed by atoms with van der Waals surface area (Å²) >= 11 is 0. The van der Waals surface area contributed by atoms with Crippen LogP contribution < -0.4 is 11.1 Å². The van der Waals surface area contributed by atoms with Gasteiger partial charge in [-0.25, -0.2) is 4.79 Å². The zero-order chi connectivity index (χ0) is 9.84. The summed E-state index contributed by atoms with van der Waals surface area (Å²) in [6.45, 7) is 1.63. The Hall–Kier alpha value is -1.06. The number of carbonyl (C=O) groups excluding carboxylic acids is 2. The van der Waals surface area contributed by atoms with Gasteiger partial charge in [-0.2, -0.15) is 0 Å². The molecule has 0 aromatic carbocycles. The zero-order valence-corrected chi connectivity index (χ0v) is 7.88. The molecule has 0 aromatic rings. The number of nitrogens with one attached hydrogen (secondary N) is 1. The van der Waals surface area contributed by atoms with Crippen LogP contribution in [0.4, 0.5) is 4.79 Å². The lowest BCUT2D eigenvalue weighted by atomic mass is 9.84. The van der Waals surface area contributed by atoms with Gasteiger partial charge >= 0.3 is 6.03 Å². The Kier molecular flexibility index (Phi) is 3.28. The van der Waals surface area contributed by atoms with E-state index in [9.17, 15) is 9.59 Å². The van der Waals surface area contributed by atoms with E-state index in [1.165, 1.54) is 0 Å². The fraction of sp³-hybridized carbons (Fsp3) is 0.778. The average molecular weight is 184 g/mol. The number of hydrogen-bond acceptors (Lipinski definition) is 2. The highest BCUT2D eigenvalue weighted by molar-refractivity contribution is 5.78. The molecular weight excluding hydrogens is 168 g/mol. The number of primary amides is 1. The van der Waals surface area contributed by atoms with Gasteiger partial charge < -0.3 is 11.1 Å². The Morgan fingerprint density at radius 1 is 1.23 bits per heavy atom. The molecule has 0 radical (unpaired) electrons. The quantitative estimate of drug-likeness (QED) is 0.666. The molecule has 1 fully saturated rings. The molecule has 0 aliphatic heterocycles. The molecule has 0 spiro atoms. The van der Waals surface area contributed by atoms with Crippen LogP contribution in [0, 0.1) is 5.92 Å². The van der Waals surface area contributed by atoms with E-state index in [0.29, 0.717) is 0 Å². The van der Waals surface area contributed by atoms with E-state index in [1.807, 2.05) is 0 Å². The third-order valence-electron chi connectivity index (χ3n) is 2.65. The minimum absolute atomic E-state index is 0.174. The number of urea groups is 1. The van der Waals surface area contributed by atoms with Crippen LogP contribution in [0.5, 0.6) is 0 Å². The highest BCUT2D eigenvalue weighted by Crippen LogP contribution is 2.24. The van der Waals surface area contributed by atoms with Crippen LogP contribution in [-0.4, -0.2) is 17.9 Å². The van der Waals surface area contributed by atoms with E-state index in [0.717, 1.165) is 25.7 Å². The van der Waals surface area contributed by atoms with Gasteiger partial charge in [0.25, 0.3) is 0 Å². The number of carbonyl (C=O) groups is 2. The van der Waals surface area contributed by atoms with Crippen LogP contribution in [0.25, 0.3) is 0 Å². The largest absolute Gasteiger partial charge is 0.352 e. The van der Waals surface area contributed by atoms with Gasteiger partial charge in [-0.15, -0.1) is 0 Å². The maximum Gasteiger partial charge on any atom is 0.312 e. The Morgan fingerprint density at radius 2 is 1.77 bits per heavy atom. The van der Waals surface area contributed by atoms with Gasteiger partial charge in [0.1, 0.15) is 5.78 Å². The SMILES string of the molecule is CC(=O)C1CCC(NC(N)=O)CC1. The molecule has 0 atom stereocenters. The second kappa shape index (κ2) is 4.25. The molecule has 1 saturated carbocycles. The molecular formula is C9H16N2O2. The maximum absolute atomic E-state index is 11.0. The third kappa shape index (κ3) is 3.05. The standard InChI is InChI=1S/C9H16N2O2/c1-6(12)7-2-4-8(5-3-7)11-9(10)13/h7-8H,2-5H2,1H3,(H3,10,11,13). The first-order valence-corrected chi connectivity index (χ1v) is 4.66. The number of ketones is 1. The topological polar surface area (TPSA) is 72.2 Å². The number of amides is 2. The first-order valence-electron chi connectivity index (χ1n) is 4.66. The Morgan fingerprint density at radius 3 is 2.15 bits per heavy atom. The highest BCUT2D eigenvalue weighted by atomic mass is 16.2. The summed E-state index contributed by atoms with van der Waals surface area (Å²) in [5.41, 5.74) is 5.00. The maximum atomic E-state index is 11.0. The molecule has 0 bridgehead atoms. The smallest absolute Gasteiger partial charge is 0.312 e. The summed E-state index contributed by atoms with van der Waals surface area (Å²) in [4.78, 5) is 21.5. The van der Waals surface area contributed by atoms with E-state index < -0.39 is 6.03 Å². The van der Waals surface area contributed by atoms with Crippen molar-refractivity contribution in [2.24, 2.45) is 11.7 Å². The Balaban J connectivity index is 2.30. The number of hydrogen-bond donors (Lipinski definition) is 2. The van der Waals surface area contributed by atoms with Crippen LogP contribution in [0.15, 0.2) is 0 Å². The summed E-state index contributed by atoms with van der Waals surface area (Å²) in [6.07, 6.45) is 3.49. The van der Waals surface area contributed by atoms with Gasteiger partial charge in [-0.05, 0) is 32.6 Å². The van der Waals surface area contributed by atoms with Crippen LogP contribution in [0.1, 0.15) is 32.6 Å². The lowest BCUT2D eigenvalue weighted by molar-refractivity contribution is -0.121. The normalized spacial score (nSPS) is 28.1. The zero-order valence-electron chi connectivity index (χ0n) is 7.88. The van der Waals surface area contributed by atoms with Gasteiger partial charge in [0, 0.05) is 12.0 Å². The third-order valence-corrected chi connectivity index (χ3v) is 2.65. The van der Waals surface area contributed by atoms with Gasteiger partial charge in [-0.3, -0.25) is 4.79 Å². The summed E-state index contributed by atoms with van der Waals surface area (Å²) in [5, 5.41) is 2.67. The van der Waals surface area contributed by atoms with Crippen molar-refractivity contribution in [3.05, 3.63) is 0 Å². The second-order valence-corrected chi connectivity index (χ2v) is 3.67. The van der Waals surface area contributed by atoms with Crippen LogP contribution in [0.2, 0.25) is 0 Å². The monoisotopic (exact) mass is 184 g/mol. The number of Topliss-reactive ketones (excluding diaryl/α,β-unsaturated/α-hetero) is 1. The summed E-state index contributed by atoms with van der Waals surface area (Å²) < 4.78 is 0. The van der Waals surface area contributed by atoms with Crippen molar-refractivity contribution in [1.29, 1.82) is 0 Å². The fourth-order valence-corrected chi connectivity index (χ4v) is 1.85. The van der Waals surface area contributed by atoms with E-state index in [2.05, 4.69) is 5.32 Å². The molecule has 3 N–H and O–H groups in total. The predicted octanol–water partition coefficient (Wildman–Crippen LogP) is 0.803. The minimum Gasteiger partial charge on any atom is -0.352 e. The first kappa shape index (κ1) is 10.0. The lowest BCUT2D eigenvalue weighted by Crippen LogP contribution is -2.41. The molecule has 0 saturated heterocycles. The van der Waals surface area contributed by atoms with E-state index in [4.69, 9.17) is 5.73 Å². The van der Waals surface area contributed by atoms with E-state index in [-0.39, 0.29) is 17.7 Å². The molecule has 1 aliphatic carbocycles. The Labute approximate surface area is 77.9 Å². The van der Waals surface area contributed by atoms with Crippen molar-refractivity contribution in [3.63, 3.8) is 0 Å². The lowest BCUT2D eigenvalue weighted by Gasteiger charge is -2.26. The van der Waals surface area contributed by atoms with E-state index in [1.54, 1.807) is 6.92 Å². The number of nitrogens with two attached hydrogens (primary N) is 1. The molecule has 1 rings (SSSR count). The fourth-order valence-electron chi connectivity index (χ4n) is 1.85. The van der Waals surface area contributed by atoms with Crippen LogP contribution in [-0.2, 0) is 4.79 Å². The molecule has 0 aromatic heterocycles. The minimum atomic E-state index is -0.466. The molecule has 74 valence electrons. The summed E-state index contributed by atoms with van der Waals surface area (Å²) in [5.74, 6) is 0.462. The highest BCUT2D eigenvalue weighted by Gasteiger charge is 2.24. The molecule has 0 heterocycles. The molecule has 4 heteroatoms. The van der Waals surface area contributed by atoms with Crippen LogP contribution in [0.3, 0.4) is 0 Å².